The number of ether oxygens (including phenoxy) is 2. The van der Waals surface area contributed by atoms with Gasteiger partial charge >= 0.3 is 6.16 Å². The van der Waals surface area contributed by atoms with Crippen molar-refractivity contribution in [2.75, 3.05) is 0 Å². The zero-order valence-corrected chi connectivity index (χ0v) is 30.1. The van der Waals surface area contributed by atoms with Crippen molar-refractivity contribution in [1.82, 2.24) is 0 Å². The van der Waals surface area contributed by atoms with Crippen molar-refractivity contribution >= 4 is 84.3 Å². The van der Waals surface area contributed by atoms with Gasteiger partial charge in [-0.3, -0.25) is 20.2 Å². The van der Waals surface area contributed by atoms with E-state index in [2.05, 4.69) is 45.2 Å². The van der Waals surface area contributed by atoms with E-state index in [1.54, 1.807) is 12.1 Å². The maximum Gasteiger partial charge on any atom is 0.519 e. The summed E-state index contributed by atoms with van der Waals surface area (Å²) in [5.41, 5.74) is 0.871. The van der Waals surface area contributed by atoms with Crippen LogP contribution in [0.5, 0.6) is 11.5 Å². The van der Waals surface area contributed by atoms with E-state index in [0.29, 0.717) is 11.1 Å². The fourth-order valence-corrected chi connectivity index (χ4v) is 7.61. The van der Waals surface area contributed by atoms with Crippen molar-refractivity contribution in [2.24, 2.45) is 0 Å². The number of carbonyl (C=O) groups excluding carboxylic acids is 1. The number of aryl methyl sites for hydroxylation is 4. The quantitative estimate of drug-likeness (QED) is 0.0441. The number of nitro groups is 2. The Morgan fingerprint density at radius 1 is 0.600 bits per heavy atom. The molecule has 0 fully saturated rings. The molecule has 0 aliphatic heterocycles. The molecule has 0 radical (unpaired) electrons. The lowest BCUT2D eigenvalue weighted by Gasteiger charge is -2.14. The predicted molar refractivity (Wildman–Crippen MR) is 201 cm³/mol. The Hall–Kier alpha value is -4.77. The highest BCUT2D eigenvalue weighted by atomic mass is 127. The topological polar surface area (TPSA) is 122 Å². The summed E-state index contributed by atoms with van der Waals surface area (Å²) in [7, 11) is 0. The van der Waals surface area contributed by atoms with Crippen molar-refractivity contribution in [3.05, 3.63) is 158 Å². The largest absolute Gasteiger partial charge is 0.519 e. The molecule has 0 unspecified atom stereocenters. The highest BCUT2D eigenvalue weighted by Crippen LogP contribution is 2.33. The zero-order valence-electron chi connectivity index (χ0n) is 25.8. The lowest BCUT2D eigenvalue weighted by Crippen LogP contribution is -2.16. The third-order valence-electron chi connectivity index (χ3n) is 8.28. The second kappa shape index (κ2) is 15.0. The van der Waals surface area contributed by atoms with Crippen LogP contribution >= 0.6 is 45.2 Å². The van der Waals surface area contributed by atoms with Gasteiger partial charge in [-0.1, -0.05) is 36.4 Å². The zero-order chi connectivity index (χ0) is 35.5. The first-order valence-corrected chi connectivity index (χ1v) is 17.3. The molecule has 0 aliphatic carbocycles. The molecule has 0 spiro atoms. The van der Waals surface area contributed by atoms with Crippen molar-refractivity contribution < 1.29 is 32.9 Å². The Labute approximate surface area is 310 Å². The molecule has 0 bridgehead atoms. The van der Waals surface area contributed by atoms with Crippen LogP contribution in [-0.2, 0) is 25.7 Å². The summed E-state index contributed by atoms with van der Waals surface area (Å²) in [5.74, 6) is -0.936. The van der Waals surface area contributed by atoms with E-state index in [-0.39, 0.29) is 59.7 Å². The molecule has 13 heteroatoms. The molecule has 0 aromatic heterocycles. The molecule has 6 rings (SSSR count). The number of benzene rings is 6. The van der Waals surface area contributed by atoms with Gasteiger partial charge in [-0.25, -0.2) is 13.6 Å². The van der Waals surface area contributed by atoms with E-state index < -0.39 is 27.6 Å². The summed E-state index contributed by atoms with van der Waals surface area (Å²) in [6, 6.07) is 24.7. The standard InChI is InChI=1S/C37H24F2I2N2O7/c38-29-15-9-21-3-1-5-31(40)35(21)27(29)13-7-23-19-25(42(45)46)11-17-33(23)49-37(44)50-34-18-12-26(43(47)48)20-24(34)8-14-28-30(39)16-10-22-4-2-6-32(41)36(22)28/h1-6,9-12,15-20H,7-8,13-14H2. The highest BCUT2D eigenvalue weighted by molar-refractivity contribution is 14.1. The Kier molecular flexibility index (Phi) is 10.5. The summed E-state index contributed by atoms with van der Waals surface area (Å²) in [5, 5.41) is 26.3. The molecule has 0 heterocycles. The number of halogens is 4. The van der Waals surface area contributed by atoms with Crippen LogP contribution in [-0.4, -0.2) is 16.0 Å². The Morgan fingerprint density at radius 3 is 1.42 bits per heavy atom. The number of hydrogen-bond donors (Lipinski definition) is 0. The van der Waals surface area contributed by atoms with Crippen molar-refractivity contribution in [2.45, 2.75) is 25.7 Å². The number of nitrogens with zero attached hydrogens (tertiary/aromatic N) is 2. The summed E-state index contributed by atoms with van der Waals surface area (Å²) in [4.78, 5) is 35.2. The van der Waals surface area contributed by atoms with Crippen molar-refractivity contribution in [1.29, 1.82) is 0 Å². The first-order chi connectivity index (χ1) is 24.0. The first kappa shape index (κ1) is 35.1. The van der Waals surface area contributed by atoms with Gasteiger partial charge < -0.3 is 9.47 Å². The van der Waals surface area contributed by atoms with Gasteiger partial charge in [0.05, 0.1) is 9.85 Å². The van der Waals surface area contributed by atoms with Crippen LogP contribution in [0.25, 0.3) is 21.5 Å². The lowest BCUT2D eigenvalue weighted by atomic mass is 9.97. The maximum absolute atomic E-state index is 15.1. The number of nitro benzene ring substituents is 2. The van der Waals surface area contributed by atoms with Crippen molar-refractivity contribution in [3.63, 3.8) is 0 Å². The summed E-state index contributed by atoms with van der Waals surface area (Å²) in [6.07, 6.45) is -0.739. The summed E-state index contributed by atoms with van der Waals surface area (Å²) in [6.45, 7) is 0. The van der Waals surface area contributed by atoms with Crippen LogP contribution in [0.2, 0.25) is 0 Å². The minimum Gasteiger partial charge on any atom is -0.394 e. The van der Waals surface area contributed by atoms with Gasteiger partial charge in [0.2, 0.25) is 0 Å². The minimum atomic E-state index is -1.20. The van der Waals surface area contributed by atoms with Crippen LogP contribution in [0.15, 0.2) is 97.1 Å². The summed E-state index contributed by atoms with van der Waals surface area (Å²) < 4.78 is 42.9. The molecule has 6 aromatic rings. The average Bonchev–Trinajstić information content (AvgIpc) is 3.08. The monoisotopic (exact) mass is 900 g/mol. The number of rotatable bonds is 10. The van der Waals surface area contributed by atoms with E-state index in [0.717, 1.165) is 28.7 Å². The van der Waals surface area contributed by atoms with Gasteiger partial charge in [-0.05, 0) is 129 Å². The molecule has 0 aliphatic rings. The lowest BCUT2D eigenvalue weighted by molar-refractivity contribution is -0.385. The Balaban J connectivity index is 1.26. The van der Waals surface area contributed by atoms with E-state index in [1.807, 2.05) is 36.4 Å². The fraction of sp³-hybridized carbons (Fsp3) is 0.108. The number of fused-ring (bicyclic) bond motifs is 2. The SMILES string of the molecule is O=C(Oc1ccc([N+](=O)[O-])cc1CCc1c(F)ccc2cccc(I)c12)Oc1ccc([N+](=O)[O-])cc1CCc1c(F)ccc2cccc(I)c12. The number of hydrogen-bond acceptors (Lipinski definition) is 7. The Bertz CT molecular complexity index is 2170. The van der Waals surface area contributed by atoms with Gasteiger partial charge in [0.1, 0.15) is 23.1 Å². The van der Waals surface area contributed by atoms with Crippen LogP contribution < -0.4 is 9.47 Å². The minimum absolute atomic E-state index is 0.0354. The molecule has 6 aromatic carbocycles. The van der Waals surface area contributed by atoms with Gasteiger partial charge in [-0.2, -0.15) is 0 Å². The van der Waals surface area contributed by atoms with Gasteiger partial charge in [0.15, 0.2) is 0 Å². The maximum atomic E-state index is 15.1. The molecule has 0 saturated heterocycles. The van der Waals surface area contributed by atoms with Crippen LogP contribution in [0.3, 0.4) is 0 Å². The van der Waals surface area contributed by atoms with Gasteiger partial charge in [-0.15, -0.1) is 0 Å². The third kappa shape index (κ3) is 7.52. The molecular formula is C37H24F2I2N2O7. The van der Waals surface area contributed by atoms with Crippen LogP contribution in [0.4, 0.5) is 25.0 Å². The van der Waals surface area contributed by atoms with Crippen molar-refractivity contribution in [3.8, 4) is 11.5 Å². The molecule has 0 atom stereocenters. The smallest absolute Gasteiger partial charge is 0.394 e. The molecular weight excluding hydrogens is 876 g/mol. The number of carbonyl (C=O) groups is 1. The Morgan fingerprint density at radius 2 is 1.02 bits per heavy atom. The second-order valence-corrected chi connectivity index (χ2v) is 13.6. The molecule has 50 heavy (non-hydrogen) atoms. The molecule has 0 N–H and O–H groups in total. The fourth-order valence-electron chi connectivity index (χ4n) is 5.92. The molecule has 0 saturated carbocycles. The average molecular weight is 900 g/mol. The summed E-state index contributed by atoms with van der Waals surface area (Å²) >= 11 is 4.25. The van der Waals surface area contributed by atoms with Gasteiger partial charge in [0.25, 0.3) is 11.4 Å². The van der Waals surface area contributed by atoms with E-state index in [4.69, 9.17) is 9.47 Å². The molecule has 0 amide bonds. The molecule has 252 valence electrons. The predicted octanol–water partition coefficient (Wildman–Crippen LogP) is 10.4. The number of non-ortho nitro benzene ring substituents is 2. The highest BCUT2D eigenvalue weighted by Gasteiger charge is 2.21. The van der Waals surface area contributed by atoms with Gasteiger partial charge in [0, 0.05) is 53.3 Å². The van der Waals surface area contributed by atoms with E-state index in [1.165, 1.54) is 48.5 Å². The second-order valence-electron chi connectivity index (χ2n) is 11.3. The van der Waals surface area contributed by atoms with Crippen LogP contribution in [0, 0.1) is 39.0 Å². The third-order valence-corrected chi connectivity index (χ3v) is 10.1. The van der Waals surface area contributed by atoms with Crippen LogP contribution in [0.1, 0.15) is 22.3 Å². The van der Waals surface area contributed by atoms with E-state index in [9.17, 15) is 25.0 Å². The first-order valence-electron chi connectivity index (χ1n) is 15.2. The normalized spacial score (nSPS) is 11.1. The molecule has 9 nitrogen and oxygen atoms in total. The van der Waals surface area contributed by atoms with E-state index >= 15 is 8.78 Å².